The molecule has 0 aromatic carbocycles. The predicted molar refractivity (Wildman–Crippen MR) is 73.3 cm³/mol. The fourth-order valence-electron chi connectivity index (χ4n) is 1.85. The van der Waals surface area contributed by atoms with Gasteiger partial charge in [-0.2, -0.15) is 5.10 Å². The van der Waals surface area contributed by atoms with Crippen LogP contribution in [-0.4, -0.2) is 16.3 Å². The van der Waals surface area contributed by atoms with Crippen LogP contribution in [0.1, 0.15) is 23.9 Å². The van der Waals surface area contributed by atoms with Crippen LogP contribution in [0.3, 0.4) is 0 Å². The summed E-state index contributed by atoms with van der Waals surface area (Å²) in [6.45, 7) is 6.30. The summed E-state index contributed by atoms with van der Waals surface area (Å²) in [7, 11) is 1.97. The van der Waals surface area contributed by atoms with Crippen LogP contribution < -0.4 is 5.32 Å². The van der Waals surface area contributed by atoms with Crippen LogP contribution in [0.5, 0.6) is 0 Å². The van der Waals surface area contributed by atoms with Gasteiger partial charge in [0, 0.05) is 35.1 Å². The Morgan fingerprint density at radius 1 is 1.41 bits per heavy atom. The Bertz CT molecular complexity index is 485. The largest absolute Gasteiger partial charge is 0.312 e. The molecule has 0 unspecified atom stereocenters. The van der Waals surface area contributed by atoms with Gasteiger partial charge in [-0.25, -0.2) is 0 Å². The van der Waals surface area contributed by atoms with E-state index in [0.717, 1.165) is 18.8 Å². The molecule has 2 aromatic heterocycles. The normalized spacial score (nSPS) is 11.0. The molecule has 2 aromatic rings. The molecule has 1 N–H and O–H groups in total. The summed E-state index contributed by atoms with van der Waals surface area (Å²) in [6.07, 6.45) is 3.27. The number of hydrogen-bond donors (Lipinski definition) is 1. The maximum atomic E-state index is 4.38. The van der Waals surface area contributed by atoms with Gasteiger partial charge in [0.1, 0.15) is 0 Å². The topological polar surface area (TPSA) is 29.9 Å². The van der Waals surface area contributed by atoms with Crippen LogP contribution in [-0.2, 0) is 13.6 Å². The third-order valence-corrected chi connectivity index (χ3v) is 3.79. The van der Waals surface area contributed by atoms with Crippen molar-refractivity contribution in [1.82, 2.24) is 15.1 Å². The molecule has 4 heteroatoms. The molecular weight excluding hydrogens is 230 g/mol. The average Bonchev–Trinajstić information content (AvgIpc) is 2.86. The molecule has 0 atom stereocenters. The van der Waals surface area contributed by atoms with E-state index in [9.17, 15) is 0 Å². The second-order valence-corrected chi connectivity index (χ2v) is 5.41. The lowest BCUT2D eigenvalue weighted by atomic mass is 10.2. The highest BCUT2D eigenvalue weighted by atomic mass is 32.1. The van der Waals surface area contributed by atoms with Gasteiger partial charge in [0.15, 0.2) is 0 Å². The Hall–Kier alpha value is -1.13. The van der Waals surface area contributed by atoms with Crippen LogP contribution in [0.2, 0.25) is 0 Å². The second-order valence-electron chi connectivity index (χ2n) is 4.24. The number of hydrogen-bond acceptors (Lipinski definition) is 3. The zero-order valence-electron chi connectivity index (χ0n) is 10.7. The van der Waals surface area contributed by atoms with E-state index in [1.165, 1.54) is 21.7 Å². The zero-order valence-corrected chi connectivity index (χ0v) is 11.5. The van der Waals surface area contributed by atoms with Crippen molar-refractivity contribution >= 4 is 11.3 Å². The second kappa shape index (κ2) is 5.47. The first kappa shape index (κ1) is 12.3. The average molecular weight is 249 g/mol. The molecule has 0 spiro atoms. The van der Waals surface area contributed by atoms with Crippen molar-refractivity contribution < 1.29 is 0 Å². The smallest absolute Gasteiger partial charge is 0.0680 e. The molecule has 0 radical (unpaired) electrons. The minimum Gasteiger partial charge on any atom is -0.312 e. The molecule has 0 saturated heterocycles. The molecule has 0 bridgehead atoms. The summed E-state index contributed by atoms with van der Waals surface area (Å²) in [5.74, 6) is 0. The summed E-state index contributed by atoms with van der Waals surface area (Å²) in [5, 5.41) is 7.81. The summed E-state index contributed by atoms with van der Waals surface area (Å²) in [6, 6.07) is 4.40. The number of nitrogens with one attached hydrogen (secondary N) is 1. The summed E-state index contributed by atoms with van der Waals surface area (Å²) >= 11 is 1.85. The van der Waals surface area contributed by atoms with Gasteiger partial charge in [-0.05, 0) is 32.0 Å². The van der Waals surface area contributed by atoms with E-state index in [4.69, 9.17) is 0 Å². The maximum Gasteiger partial charge on any atom is 0.0680 e. The number of aromatic nitrogens is 2. The fraction of sp³-hybridized carbons (Fsp3) is 0.462. The van der Waals surface area contributed by atoms with Crippen molar-refractivity contribution in [3.05, 3.63) is 28.9 Å². The minimum atomic E-state index is 0.970. The van der Waals surface area contributed by atoms with Crippen molar-refractivity contribution in [2.75, 3.05) is 6.54 Å². The van der Waals surface area contributed by atoms with Crippen molar-refractivity contribution in [2.45, 2.75) is 26.8 Å². The highest BCUT2D eigenvalue weighted by molar-refractivity contribution is 7.15. The fourth-order valence-corrected chi connectivity index (χ4v) is 2.89. The molecule has 0 aliphatic carbocycles. The number of aryl methyl sites for hydroxylation is 2. The van der Waals surface area contributed by atoms with Crippen LogP contribution in [0, 0.1) is 6.92 Å². The van der Waals surface area contributed by atoms with Gasteiger partial charge in [0.05, 0.1) is 5.69 Å². The lowest BCUT2D eigenvalue weighted by Gasteiger charge is -1.98. The predicted octanol–water partition coefficient (Wildman–Crippen LogP) is 2.96. The number of thiophene rings is 1. The van der Waals surface area contributed by atoms with Gasteiger partial charge in [-0.3, -0.25) is 4.68 Å². The monoisotopic (exact) mass is 249 g/mol. The van der Waals surface area contributed by atoms with Gasteiger partial charge in [0.25, 0.3) is 0 Å². The Morgan fingerprint density at radius 2 is 2.24 bits per heavy atom. The third kappa shape index (κ3) is 2.96. The Morgan fingerprint density at radius 3 is 2.88 bits per heavy atom. The summed E-state index contributed by atoms with van der Waals surface area (Å²) in [5.41, 5.74) is 2.35. The van der Waals surface area contributed by atoms with Crippen LogP contribution in [0.15, 0.2) is 18.3 Å². The molecule has 17 heavy (non-hydrogen) atoms. The van der Waals surface area contributed by atoms with E-state index in [1.54, 1.807) is 0 Å². The van der Waals surface area contributed by atoms with Gasteiger partial charge in [-0.15, -0.1) is 11.3 Å². The van der Waals surface area contributed by atoms with E-state index in [-0.39, 0.29) is 0 Å². The van der Waals surface area contributed by atoms with Crippen molar-refractivity contribution in [3.8, 4) is 10.4 Å². The highest BCUT2D eigenvalue weighted by Gasteiger charge is 2.08. The standard InChI is InChI=1S/C13H19N3S/c1-4-7-14-8-11-5-6-13(17-11)12-9-16(3)15-10(12)2/h5-6,9,14H,4,7-8H2,1-3H3. The highest BCUT2D eigenvalue weighted by Crippen LogP contribution is 2.29. The molecule has 3 nitrogen and oxygen atoms in total. The minimum absolute atomic E-state index is 0.970. The molecule has 0 saturated carbocycles. The first-order chi connectivity index (χ1) is 8.20. The van der Waals surface area contributed by atoms with Gasteiger partial charge in [0.2, 0.25) is 0 Å². The molecule has 2 heterocycles. The number of rotatable bonds is 5. The molecule has 2 rings (SSSR count). The molecule has 0 fully saturated rings. The Labute approximate surface area is 106 Å². The lowest BCUT2D eigenvalue weighted by molar-refractivity contribution is 0.681. The quantitative estimate of drug-likeness (QED) is 0.826. The molecule has 0 aliphatic rings. The summed E-state index contributed by atoms with van der Waals surface area (Å²) < 4.78 is 1.87. The maximum absolute atomic E-state index is 4.38. The Kier molecular flexibility index (Phi) is 3.97. The van der Waals surface area contributed by atoms with Crippen LogP contribution in [0.25, 0.3) is 10.4 Å². The van der Waals surface area contributed by atoms with Gasteiger partial charge in [-0.1, -0.05) is 6.92 Å². The van der Waals surface area contributed by atoms with E-state index in [1.807, 2.05) is 23.1 Å². The first-order valence-corrected chi connectivity index (χ1v) is 6.82. The third-order valence-electron chi connectivity index (χ3n) is 2.67. The molecule has 0 amide bonds. The van der Waals surface area contributed by atoms with E-state index >= 15 is 0 Å². The van der Waals surface area contributed by atoms with Crippen LogP contribution >= 0.6 is 11.3 Å². The molecule has 92 valence electrons. The molecular formula is C13H19N3S. The first-order valence-electron chi connectivity index (χ1n) is 6.00. The van der Waals surface area contributed by atoms with Crippen molar-refractivity contribution in [1.29, 1.82) is 0 Å². The Balaban J connectivity index is 2.10. The molecule has 0 aliphatic heterocycles. The van der Waals surface area contributed by atoms with E-state index in [0.29, 0.717) is 0 Å². The van der Waals surface area contributed by atoms with Gasteiger partial charge < -0.3 is 5.32 Å². The van der Waals surface area contributed by atoms with Crippen molar-refractivity contribution in [3.63, 3.8) is 0 Å². The SMILES string of the molecule is CCCNCc1ccc(-c2cn(C)nc2C)s1. The summed E-state index contributed by atoms with van der Waals surface area (Å²) in [4.78, 5) is 2.70. The number of nitrogens with zero attached hydrogens (tertiary/aromatic N) is 2. The lowest BCUT2D eigenvalue weighted by Crippen LogP contribution is -2.12. The van der Waals surface area contributed by atoms with E-state index < -0.39 is 0 Å². The van der Waals surface area contributed by atoms with Crippen molar-refractivity contribution in [2.24, 2.45) is 7.05 Å². The van der Waals surface area contributed by atoms with E-state index in [2.05, 4.69) is 42.6 Å². The van der Waals surface area contributed by atoms with Gasteiger partial charge >= 0.3 is 0 Å². The zero-order chi connectivity index (χ0) is 12.3. The van der Waals surface area contributed by atoms with Crippen LogP contribution in [0.4, 0.5) is 0 Å².